The van der Waals surface area contributed by atoms with Crippen LogP contribution in [-0.2, 0) is 24.3 Å². The molecular weight excluding hydrogens is 410 g/mol. The molecule has 0 saturated carbocycles. The van der Waals surface area contributed by atoms with Crippen LogP contribution in [0.15, 0.2) is 54.6 Å². The molecule has 0 N–H and O–H groups in total. The van der Waals surface area contributed by atoms with Gasteiger partial charge in [0.1, 0.15) is 20.7 Å². The average molecular weight is 448 g/mol. The molecule has 3 rings (SSSR count). The van der Waals surface area contributed by atoms with Gasteiger partial charge < -0.3 is 4.74 Å². The molecule has 0 unspecified atom stereocenters. The molecule has 32 heavy (non-hydrogen) atoms. The van der Waals surface area contributed by atoms with Gasteiger partial charge in [0.25, 0.3) is 0 Å². The smallest absolute Gasteiger partial charge is 0.411 e. The van der Waals surface area contributed by atoms with E-state index in [4.69, 9.17) is 4.74 Å². The van der Waals surface area contributed by atoms with Crippen molar-refractivity contribution < 1.29 is 9.53 Å². The summed E-state index contributed by atoms with van der Waals surface area (Å²) in [6, 6.07) is 18.1. The quantitative estimate of drug-likeness (QED) is 0.366. The Morgan fingerprint density at radius 2 is 1.50 bits per heavy atom. The fraction of sp³-hybridized carbons (Fsp3) is 0.464. The monoisotopic (exact) mass is 447 g/mol. The lowest BCUT2D eigenvalue weighted by Crippen LogP contribution is -2.46. The molecule has 1 aliphatic heterocycles. The third kappa shape index (κ3) is 5.10. The SMILES string of the molecule is CC(C)[Si](C#C[C@@H]1Cc2ccccc2CN1C(=O)OCc1ccccc1)(C(C)C)C(C)C. The predicted molar refractivity (Wildman–Crippen MR) is 135 cm³/mol. The number of hydrogen-bond donors (Lipinski definition) is 0. The third-order valence-corrected chi connectivity index (χ3v) is 13.3. The number of hydrogen-bond acceptors (Lipinski definition) is 2. The average Bonchev–Trinajstić information content (AvgIpc) is 2.77. The fourth-order valence-corrected chi connectivity index (χ4v) is 10.6. The molecule has 1 atom stereocenters. The van der Waals surface area contributed by atoms with Crippen molar-refractivity contribution in [1.82, 2.24) is 4.90 Å². The summed E-state index contributed by atoms with van der Waals surface area (Å²) in [4.78, 5) is 15.0. The number of carbonyl (C=O) groups excluding carboxylic acids is 1. The van der Waals surface area contributed by atoms with Gasteiger partial charge in [-0.15, -0.1) is 5.54 Å². The van der Waals surface area contributed by atoms with Gasteiger partial charge in [0.2, 0.25) is 0 Å². The lowest BCUT2D eigenvalue weighted by Gasteiger charge is -2.39. The van der Waals surface area contributed by atoms with Gasteiger partial charge >= 0.3 is 6.09 Å². The van der Waals surface area contributed by atoms with Gasteiger partial charge in [-0.05, 0) is 33.3 Å². The van der Waals surface area contributed by atoms with E-state index in [2.05, 4.69) is 71.2 Å². The number of amides is 1. The van der Waals surface area contributed by atoms with E-state index in [1.807, 2.05) is 41.3 Å². The highest BCUT2D eigenvalue weighted by molar-refractivity contribution is 6.90. The topological polar surface area (TPSA) is 29.5 Å². The summed E-state index contributed by atoms with van der Waals surface area (Å²) < 4.78 is 5.72. The van der Waals surface area contributed by atoms with Gasteiger partial charge in [-0.3, -0.25) is 4.90 Å². The normalized spacial score (nSPS) is 16.0. The molecule has 1 amide bonds. The summed E-state index contributed by atoms with van der Waals surface area (Å²) in [5, 5.41) is 0. The zero-order chi connectivity index (χ0) is 23.3. The molecule has 0 fully saturated rings. The Bertz CT molecular complexity index is 950. The largest absolute Gasteiger partial charge is 0.445 e. The summed E-state index contributed by atoms with van der Waals surface area (Å²) >= 11 is 0. The Balaban J connectivity index is 1.90. The summed E-state index contributed by atoms with van der Waals surface area (Å²) in [6.07, 6.45) is 0.469. The minimum atomic E-state index is -1.88. The molecule has 0 radical (unpaired) electrons. The minimum Gasteiger partial charge on any atom is -0.445 e. The number of rotatable bonds is 5. The number of carbonyl (C=O) groups is 1. The van der Waals surface area contributed by atoms with Crippen molar-refractivity contribution in [3.8, 4) is 11.5 Å². The zero-order valence-electron chi connectivity index (χ0n) is 20.4. The molecule has 3 nitrogen and oxygen atoms in total. The van der Waals surface area contributed by atoms with Crippen LogP contribution in [0.3, 0.4) is 0 Å². The van der Waals surface area contributed by atoms with Crippen LogP contribution in [0.2, 0.25) is 16.6 Å². The van der Waals surface area contributed by atoms with Crippen LogP contribution in [-0.4, -0.2) is 25.1 Å². The molecule has 2 aromatic rings. The van der Waals surface area contributed by atoms with Crippen LogP contribution in [0.25, 0.3) is 0 Å². The van der Waals surface area contributed by atoms with Crippen molar-refractivity contribution in [2.45, 2.75) is 83.8 Å². The van der Waals surface area contributed by atoms with Crippen molar-refractivity contribution in [1.29, 1.82) is 0 Å². The van der Waals surface area contributed by atoms with Gasteiger partial charge in [-0.25, -0.2) is 4.79 Å². The van der Waals surface area contributed by atoms with Gasteiger partial charge in [0.15, 0.2) is 0 Å². The van der Waals surface area contributed by atoms with Crippen molar-refractivity contribution >= 4 is 14.2 Å². The van der Waals surface area contributed by atoms with E-state index in [1.54, 1.807) is 0 Å². The Kier molecular flexibility index (Phi) is 7.85. The number of fused-ring (bicyclic) bond motifs is 1. The molecule has 0 spiro atoms. The Labute approximate surface area is 195 Å². The number of ether oxygens (including phenoxy) is 1. The first kappa shape index (κ1) is 24.1. The van der Waals surface area contributed by atoms with Crippen molar-refractivity contribution in [3.63, 3.8) is 0 Å². The first-order valence-electron chi connectivity index (χ1n) is 11.8. The van der Waals surface area contributed by atoms with Crippen LogP contribution >= 0.6 is 0 Å². The van der Waals surface area contributed by atoms with Crippen LogP contribution in [0.1, 0.15) is 58.2 Å². The maximum absolute atomic E-state index is 13.2. The van der Waals surface area contributed by atoms with Gasteiger partial charge in [0, 0.05) is 6.42 Å². The second-order valence-electron chi connectivity index (χ2n) is 9.82. The van der Waals surface area contributed by atoms with Crippen LogP contribution in [0.5, 0.6) is 0 Å². The van der Waals surface area contributed by atoms with Gasteiger partial charge in [0.05, 0.1) is 6.54 Å². The van der Waals surface area contributed by atoms with E-state index >= 15 is 0 Å². The van der Waals surface area contributed by atoms with E-state index in [0.717, 1.165) is 12.0 Å². The first-order chi connectivity index (χ1) is 15.3. The van der Waals surface area contributed by atoms with Crippen LogP contribution < -0.4 is 0 Å². The summed E-state index contributed by atoms with van der Waals surface area (Å²) in [7, 11) is -1.88. The molecule has 0 bridgehead atoms. The molecule has 1 heterocycles. The highest BCUT2D eigenvalue weighted by Gasteiger charge is 2.42. The lowest BCUT2D eigenvalue weighted by atomic mass is 9.95. The maximum atomic E-state index is 13.2. The second kappa shape index (κ2) is 10.4. The zero-order valence-corrected chi connectivity index (χ0v) is 21.4. The predicted octanol–water partition coefficient (Wildman–Crippen LogP) is 6.97. The third-order valence-electron chi connectivity index (χ3n) is 7.01. The second-order valence-corrected chi connectivity index (χ2v) is 15.4. The lowest BCUT2D eigenvalue weighted by molar-refractivity contribution is 0.0828. The molecule has 0 saturated heterocycles. The molecule has 0 aliphatic carbocycles. The Morgan fingerprint density at radius 1 is 0.938 bits per heavy atom. The van der Waals surface area contributed by atoms with E-state index in [0.29, 0.717) is 23.2 Å². The minimum absolute atomic E-state index is 0.156. The highest BCUT2D eigenvalue weighted by Crippen LogP contribution is 2.41. The standard InChI is InChI=1S/C28H37NO2Si/c1-21(2)32(22(3)4,23(5)6)17-16-27-18-25-14-10-11-15-26(25)19-29(27)28(30)31-20-24-12-8-7-9-13-24/h7-15,21-23,27H,18-20H2,1-6H3/t27-/m1/s1. The Morgan fingerprint density at radius 3 is 2.09 bits per heavy atom. The van der Waals surface area contributed by atoms with E-state index < -0.39 is 8.07 Å². The molecule has 0 aromatic heterocycles. The number of benzene rings is 2. The Hall–Kier alpha value is -2.51. The molecular formula is C28H37NO2Si. The molecule has 4 heteroatoms. The van der Waals surface area contributed by atoms with E-state index in [9.17, 15) is 4.79 Å². The molecule has 1 aliphatic rings. The van der Waals surface area contributed by atoms with E-state index in [1.165, 1.54) is 11.1 Å². The van der Waals surface area contributed by atoms with Gasteiger partial charge in [-0.1, -0.05) is 102 Å². The summed E-state index contributed by atoms with van der Waals surface area (Å²) in [6.45, 7) is 14.8. The fourth-order valence-electron chi connectivity index (χ4n) is 5.29. The van der Waals surface area contributed by atoms with Crippen molar-refractivity contribution in [2.75, 3.05) is 0 Å². The maximum Gasteiger partial charge on any atom is 0.411 e. The highest BCUT2D eigenvalue weighted by atomic mass is 28.3. The van der Waals surface area contributed by atoms with Gasteiger partial charge in [-0.2, -0.15) is 0 Å². The number of nitrogens with zero attached hydrogens (tertiary/aromatic N) is 1. The summed E-state index contributed by atoms with van der Waals surface area (Å²) in [5.74, 6) is 3.61. The van der Waals surface area contributed by atoms with E-state index in [-0.39, 0.29) is 18.7 Å². The van der Waals surface area contributed by atoms with Crippen LogP contribution in [0.4, 0.5) is 4.79 Å². The first-order valence-corrected chi connectivity index (χ1v) is 14.1. The van der Waals surface area contributed by atoms with Crippen molar-refractivity contribution in [2.24, 2.45) is 0 Å². The van der Waals surface area contributed by atoms with Crippen LogP contribution in [0, 0.1) is 11.5 Å². The van der Waals surface area contributed by atoms with Crippen molar-refractivity contribution in [3.05, 3.63) is 71.3 Å². The summed E-state index contributed by atoms with van der Waals surface area (Å²) in [5.41, 5.74) is 8.97. The molecule has 170 valence electrons. The molecule has 2 aromatic carbocycles.